The molecule has 1 aromatic rings. The lowest BCUT2D eigenvalue weighted by molar-refractivity contribution is 0.303. The molecule has 0 bridgehead atoms. The van der Waals surface area contributed by atoms with Crippen molar-refractivity contribution in [3.05, 3.63) is 11.4 Å². The lowest BCUT2D eigenvalue weighted by Gasteiger charge is -2.11. The number of nitrogens with two attached hydrogens (primary N) is 1. The van der Waals surface area contributed by atoms with Crippen LogP contribution in [0.2, 0.25) is 0 Å². The van der Waals surface area contributed by atoms with Crippen LogP contribution in [0.5, 0.6) is 0 Å². The Morgan fingerprint density at radius 2 is 2.31 bits per heavy atom. The molecule has 0 aliphatic heterocycles. The molecule has 1 aliphatic carbocycles. The zero-order valence-corrected chi connectivity index (χ0v) is 8.86. The fourth-order valence-electron chi connectivity index (χ4n) is 1.37. The molecular formula is C7H8N6O2S. The molecule has 1 heterocycles. The van der Waals surface area contributed by atoms with Crippen LogP contribution < -0.4 is 11.2 Å². The molecule has 0 fully saturated rings. The summed E-state index contributed by atoms with van der Waals surface area (Å²) < 4.78 is 4.59. The number of aryl methyl sites for hydroxylation is 1. The second-order valence-corrected chi connectivity index (χ2v) is 3.48. The van der Waals surface area contributed by atoms with Gasteiger partial charge in [-0.3, -0.25) is 5.43 Å². The van der Waals surface area contributed by atoms with Gasteiger partial charge in [-0.05, 0) is 17.4 Å². The van der Waals surface area contributed by atoms with Crippen LogP contribution in [-0.4, -0.2) is 32.1 Å². The van der Waals surface area contributed by atoms with E-state index in [-0.39, 0.29) is 5.11 Å². The topological polar surface area (TPSA) is 122 Å². The van der Waals surface area contributed by atoms with Crippen molar-refractivity contribution in [3.63, 3.8) is 0 Å². The van der Waals surface area contributed by atoms with Gasteiger partial charge in [-0.25, -0.2) is 4.63 Å². The number of hydrogen-bond acceptors (Lipinski definition) is 7. The summed E-state index contributed by atoms with van der Waals surface area (Å²) in [7, 11) is 0. The van der Waals surface area contributed by atoms with Crippen molar-refractivity contribution in [2.75, 3.05) is 0 Å². The van der Waals surface area contributed by atoms with Gasteiger partial charge in [0.1, 0.15) is 17.1 Å². The minimum absolute atomic E-state index is 0.00775. The second-order valence-electron chi connectivity index (χ2n) is 3.04. The highest BCUT2D eigenvalue weighted by atomic mass is 32.1. The van der Waals surface area contributed by atoms with Crippen molar-refractivity contribution in [2.45, 2.75) is 12.8 Å². The van der Waals surface area contributed by atoms with E-state index in [4.69, 9.17) is 10.9 Å². The van der Waals surface area contributed by atoms with Crippen LogP contribution in [0, 0.1) is 0 Å². The fourth-order valence-corrected chi connectivity index (χ4v) is 1.41. The van der Waals surface area contributed by atoms with Crippen molar-refractivity contribution in [3.8, 4) is 0 Å². The van der Waals surface area contributed by atoms with Crippen LogP contribution in [0.25, 0.3) is 0 Å². The average molecular weight is 240 g/mol. The predicted octanol–water partition coefficient (Wildman–Crippen LogP) is -0.617. The third kappa shape index (κ3) is 1.84. The van der Waals surface area contributed by atoms with Crippen LogP contribution >= 0.6 is 12.2 Å². The zero-order chi connectivity index (χ0) is 11.5. The van der Waals surface area contributed by atoms with Crippen molar-refractivity contribution < 1.29 is 9.84 Å². The maximum absolute atomic E-state index is 8.83. The van der Waals surface area contributed by atoms with Gasteiger partial charge < -0.3 is 10.9 Å². The van der Waals surface area contributed by atoms with Crippen molar-refractivity contribution in [1.29, 1.82) is 0 Å². The van der Waals surface area contributed by atoms with Gasteiger partial charge in [0.15, 0.2) is 10.8 Å². The van der Waals surface area contributed by atoms with E-state index in [1.165, 1.54) is 0 Å². The maximum Gasteiger partial charge on any atom is 0.184 e. The molecule has 4 N–H and O–H groups in total. The summed E-state index contributed by atoms with van der Waals surface area (Å²) >= 11 is 4.61. The number of rotatable bonds is 1. The quantitative estimate of drug-likeness (QED) is 0.340. The molecule has 1 aliphatic rings. The molecule has 0 atom stereocenters. The van der Waals surface area contributed by atoms with E-state index >= 15 is 0 Å². The molecule has 2 rings (SSSR count). The third-order valence-electron chi connectivity index (χ3n) is 2.05. The van der Waals surface area contributed by atoms with E-state index in [9.17, 15) is 0 Å². The Kier molecular flexibility index (Phi) is 2.77. The number of oxime groups is 1. The number of hydrazone groups is 1. The van der Waals surface area contributed by atoms with Gasteiger partial charge in [0.25, 0.3) is 0 Å². The zero-order valence-electron chi connectivity index (χ0n) is 8.04. The van der Waals surface area contributed by atoms with Crippen molar-refractivity contribution in [1.82, 2.24) is 15.7 Å². The van der Waals surface area contributed by atoms with Crippen molar-refractivity contribution in [2.24, 2.45) is 16.0 Å². The van der Waals surface area contributed by atoms with Gasteiger partial charge in [0.05, 0.1) is 0 Å². The van der Waals surface area contributed by atoms with E-state index in [2.05, 4.69) is 42.8 Å². The summed E-state index contributed by atoms with van der Waals surface area (Å²) in [5, 5.41) is 23.3. The average Bonchev–Trinajstić information content (AvgIpc) is 2.73. The molecule has 0 amide bonds. The van der Waals surface area contributed by atoms with Gasteiger partial charge in [-0.15, -0.1) is 0 Å². The van der Waals surface area contributed by atoms with Gasteiger partial charge in [0, 0.05) is 12.8 Å². The Morgan fingerprint density at radius 3 is 3.00 bits per heavy atom. The molecule has 0 saturated carbocycles. The van der Waals surface area contributed by atoms with Crippen molar-refractivity contribution >= 4 is 28.8 Å². The molecule has 0 unspecified atom stereocenters. The molecule has 84 valence electrons. The monoisotopic (exact) mass is 240 g/mol. The standard InChI is InChI=1S/C7H8N6O2S/c8-7(16)10-9-5-3(11-14)1-2-4-6(5)13-15-12-4/h14H,1-2H2,(H3,8,10,16)/b9-5-,11-3+. The first-order valence-corrected chi connectivity index (χ1v) is 4.79. The first-order valence-electron chi connectivity index (χ1n) is 4.38. The lowest BCUT2D eigenvalue weighted by atomic mass is 9.97. The van der Waals surface area contributed by atoms with Gasteiger partial charge in [0.2, 0.25) is 0 Å². The van der Waals surface area contributed by atoms with Gasteiger partial charge in [-0.2, -0.15) is 5.10 Å². The number of nitrogens with one attached hydrogen (secondary N) is 1. The van der Waals surface area contributed by atoms with Crippen LogP contribution in [0.15, 0.2) is 14.9 Å². The van der Waals surface area contributed by atoms with Gasteiger partial charge >= 0.3 is 0 Å². The highest BCUT2D eigenvalue weighted by Crippen LogP contribution is 2.16. The number of hydrogen-bond donors (Lipinski definition) is 3. The molecule has 16 heavy (non-hydrogen) atoms. The number of nitrogens with zero attached hydrogens (tertiary/aromatic N) is 4. The number of thiocarbonyl (C=S) groups is 1. The summed E-state index contributed by atoms with van der Waals surface area (Å²) in [4.78, 5) is 0. The maximum atomic E-state index is 8.83. The minimum atomic E-state index is 0.00775. The molecular weight excluding hydrogens is 232 g/mol. The fraction of sp³-hybridized carbons (Fsp3) is 0.286. The Hall–Kier alpha value is -2.03. The van der Waals surface area contributed by atoms with Crippen LogP contribution in [0.4, 0.5) is 0 Å². The molecule has 8 nitrogen and oxygen atoms in total. The molecule has 0 aromatic carbocycles. The SMILES string of the molecule is NC(=S)N/N=C1/C(=N/O)CCc2nonc21. The molecule has 9 heteroatoms. The first-order chi connectivity index (χ1) is 7.72. The molecule has 0 saturated heterocycles. The number of aromatic nitrogens is 2. The van der Waals surface area contributed by atoms with E-state index in [1.807, 2.05) is 0 Å². The Morgan fingerprint density at radius 1 is 1.50 bits per heavy atom. The van der Waals surface area contributed by atoms with Crippen LogP contribution in [-0.2, 0) is 6.42 Å². The number of fused-ring (bicyclic) bond motifs is 1. The Labute approximate surface area is 95.1 Å². The molecule has 1 aromatic heterocycles. The first kappa shape index (κ1) is 10.5. The lowest BCUT2D eigenvalue weighted by Crippen LogP contribution is -2.30. The van der Waals surface area contributed by atoms with E-state index < -0.39 is 0 Å². The largest absolute Gasteiger partial charge is 0.411 e. The summed E-state index contributed by atoms with van der Waals surface area (Å²) in [6.07, 6.45) is 1.08. The van der Waals surface area contributed by atoms with E-state index in [0.29, 0.717) is 35.7 Å². The summed E-state index contributed by atoms with van der Waals surface area (Å²) in [5.74, 6) is 0. The summed E-state index contributed by atoms with van der Waals surface area (Å²) in [6.45, 7) is 0. The third-order valence-corrected chi connectivity index (χ3v) is 2.14. The van der Waals surface area contributed by atoms with E-state index in [1.54, 1.807) is 0 Å². The van der Waals surface area contributed by atoms with Crippen LogP contribution in [0.3, 0.4) is 0 Å². The second kappa shape index (κ2) is 4.23. The smallest absolute Gasteiger partial charge is 0.184 e. The molecule has 0 radical (unpaired) electrons. The highest BCUT2D eigenvalue weighted by Gasteiger charge is 2.27. The van der Waals surface area contributed by atoms with Crippen LogP contribution in [0.1, 0.15) is 17.8 Å². The summed E-state index contributed by atoms with van der Waals surface area (Å²) in [5.41, 5.74) is 9.46. The highest BCUT2D eigenvalue weighted by molar-refractivity contribution is 7.80. The Balaban J connectivity index is 2.40. The van der Waals surface area contributed by atoms with E-state index in [0.717, 1.165) is 0 Å². The van der Waals surface area contributed by atoms with Gasteiger partial charge in [-0.1, -0.05) is 10.3 Å². The Bertz CT molecular complexity index is 479. The summed E-state index contributed by atoms with van der Waals surface area (Å²) in [6, 6.07) is 0. The predicted molar refractivity (Wildman–Crippen MR) is 58.3 cm³/mol. The minimum Gasteiger partial charge on any atom is -0.411 e. The normalized spacial score (nSPS) is 19.8. The molecule has 0 spiro atoms.